The molecule has 0 atom stereocenters. The molecule has 0 radical (unpaired) electrons. The Morgan fingerprint density at radius 2 is 1.94 bits per heavy atom. The van der Waals surface area contributed by atoms with Gasteiger partial charge in [0.25, 0.3) is 5.56 Å². The molecule has 2 heterocycles. The first kappa shape index (κ1) is 11.3. The number of aromatic amines is 1. The number of rotatable bonds is 2. The monoisotopic (exact) mass is 221 g/mol. The highest BCUT2D eigenvalue weighted by Crippen LogP contribution is 2.21. The third-order valence-electron chi connectivity index (χ3n) is 3.11. The van der Waals surface area contributed by atoms with E-state index in [-0.39, 0.29) is 11.5 Å². The zero-order valence-electron chi connectivity index (χ0n) is 10.4. The maximum absolute atomic E-state index is 11.9. The molecule has 4 nitrogen and oxygen atoms in total. The molecule has 1 N–H and O–H groups in total. The van der Waals surface area contributed by atoms with Crippen molar-refractivity contribution >= 4 is 0 Å². The van der Waals surface area contributed by atoms with Crippen LogP contribution < -0.4 is 5.56 Å². The number of nitrogens with zero attached hydrogens (tertiary/aromatic N) is 2. The third kappa shape index (κ3) is 1.89. The number of hydrogen-bond donors (Lipinski definition) is 1. The van der Waals surface area contributed by atoms with Crippen molar-refractivity contribution in [2.24, 2.45) is 0 Å². The van der Waals surface area contributed by atoms with E-state index in [1.165, 1.54) is 0 Å². The van der Waals surface area contributed by atoms with E-state index in [1.54, 1.807) is 0 Å². The van der Waals surface area contributed by atoms with Gasteiger partial charge in [0.15, 0.2) is 0 Å². The van der Waals surface area contributed by atoms with Crippen LogP contribution in [-0.4, -0.2) is 20.9 Å². The zero-order valence-corrected chi connectivity index (χ0v) is 10.4. The Kier molecular flexibility index (Phi) is 2.84. The van der Waals surface area contributed by atoms with Gasteiger partial charge in [-0.3, -0.25) is 9.69 Å². The molecule has 0 unspecified atom stereocenters. The average molecular weight is 221 g/mol. The average Bonchev–Trinajstić information content (AvgIpc) is 2.61. The third-order valence-corrected chi connectivity index (χ3v) is 3.11. The van der Waals surface area contributed by atoms with Crippen molar-refractivity contribution in [3.05, 3.63) is 27.4 Å². The van der Waals surface area contributed by atoms with Gasteiger partial charge < -0.3 is 4.98 Å². The van der Waals surface area contributed by atoms with Crippen LogP contribution in [0.15, 0.2) is 4.79 Å². The maximum Gasteiger partial charge on any atom is 0.255 e. The number of H-pyrrole nitrogens is 1. The van der Waals surface area contributed by atoms with E-state index in [0.29, 0.717) is 6.04 Å². The molecule has 1 aliphatic rings. The van der Waals surface area contributed by atoms with E-state index in [1.807, 2.05) is 13.8 Å². The lowest BCUT2D eigenvalue weighted by Crippen LogP contribution is -2.25. The van der Waals surface area contributed by atoms with E-state index in [0.717, 1.165) is 30.2 Å². The van der Waals surface area contributed by atoms with Gasteiger partial charge in [-0.1, -0.05) is 13.8 Å². The summed E-state index contributed by atoms with van der Waals surface area (Å²) < 4.78 is 0. The largest absolute Gasteiger partial charge is 0.310 e. The van der Waals surface area contributed by atoms with Gasteiger partial charge in [-0.05, 0) is 13.8 Å². The second-order valence-corrected chi connectivity index (χ2v) is 5.03. The summed E-state index contributed by atoms with van der Waals surface area (Å²) in [7, 11) is 0. The molecule has 2 rings (SSSR count). The van der Waals surface area contributed by atoms with Gasteiger partial charge in [0.1, 0.15) is 5.82 Å². The number of aromatic nitrogens is 2. The molecule has 16 heavy (non-hydrogen) atoms. The van der Waals surface area contributed by atoms with E-state index < -0.39 is 0 Å². The molecule has 0 saturated heterocycles. The highest BCUT2D eigenvalue weighted by Gasteiger charge is 2.25. The summed E-state index contributed by atoms with van der Waals surface area (Å²) in [5.41, 5.74) is 1.84. The molecular weight excluding hydrogens is 202 g/mol. The second-order valence-electron chi connectivity index (χ2n) is 5.03. The zero-order chi connectivity index (χ0) is 11.9. The van der Waals surface area contributed by atoms with Crippen molar-refractivity contribution in [1.29, 1.82) is 0 Å². The van der Waals surface area contributed by atoms with E-state index in [9.17, 15) is 4.79 Å². The van der Waals surface area contributed by atoms with Gasteiger partial charge in [-0.15, -0.1) is 0 Å². The quantitative estimate of drug-likeness (QED) is 0.825. The van der Waals surface area contributed by atoms with Crippen molar-refractivity contribution in [3.8, 4) is 0 Å². The fourth-order valence-corrected chi connectivity index (χ4v) is 1.95. The van der Waals surface area contributed by atoms with Gasteiger partial charge in [-0.2, -0.15) is 0 Å². The minimum atomic E-state index is 0.0388. The van der Waals surface area contributed by atoms with Crippen LogP contribution in [0.4, 0.5) is 0 Å². The van der Waals surface area contributed by atoms with E-state index in [4.69, 9.17) is 0 Å². The Labute approximate surface area is 95.7 Å². The molecule has 0 spiro atoms. The Balaban J connectivity index is 2.39. The summed E-state index contributed by atoms with van der Waals surface area (Å²) in [6.45, 7) is 9.90. The smallest absolute Gasteiger partial charge is 0.255 e. The molecule has 0 bridgehead atoms. The molecule has 88 valence electrons. The lowest BCUT2D eigenvalue weighted by atomic mass is 10.2. The number of hydrogen-bond acceptors (Lipinski definition) is 3. The Morgan fingerprint density at radius 3 is 2.50 bits per heavy atom. The molecular formula is C12H19N3O. The van der Waals surface area contributed by atoms with Crippen molar-refractivity contribution in [3.63, 3.8) is 0 Å². The van der Waals surface area contributed by atoms with Gasteiger partial charge in [-0.25, -0.2) is 4.98 Å². The lowest BCUT2D eigenvalue weighted by Gasteiger charge is -2.18. The molecule has 0 saturated carbocycles. The minimum Gasteiger partial charge on any atom is -0.310 e. The molecule has 1 aliphatic heterocycles. The second kappa shape index (κ2) is 4.01. The van der Waals surface area contributed by atoms with Gasteiger partial charge in [0.05, 0.1) is 11.3 Å². The molecule has 1 aromatic heterocycles. The molecule has 4 heteroatoms. The lowest BCUT2D eigenvalue weighted by molar-refractivity contribution is 0.225. The highest BCUT2D eigenvalue weighted by molar-refractivity contribution is 5.22. The highest BCUT2D eigenvalue weighted by atomic mass is 16.1. The summed E-state index contributed by atoms with van der Waals surface area (Å²) in [5, 5.41) is 0. The van der Waals surface area contributed by atoms with Crippen LogP contribution in [0.1, 0.15) is 50.7 Å². The van der Waals surface area contributed by atoms with Gasteiger partial charge in [0.2, 0.25) is 0 Å². The summed E-state index contributed by atoms with van der Waals surface area (Å²) in [6, 6.07) is 0.455. The van der Waals surface area contributed by atoms with Crippen molar-refractivity contribution < 1.29 is 0 Å². The Bertz CT molecular complexity index is 448. The first-order chi connectivity index (χ1) is 7.49. The maximum atomic E-state index is 11.9. The van der Waals surface area contributed by atoms with Crippen molar-refractivity contribution in [1.82, 2.24) is 14.9 Å². The van der Waals surface area contributed by atoms with E-state index in [2.05, 4.69) is 28.7 Å². The Morgan fingerprint density at radius 1 is 1.25 bits per heavy atom. The van der Waals surface area contributed by atoms with Crippen LogP contribution in [-0.2, 0) is 13.1 Å². The van der Waals surface area contributed by atoms with Gasteiger partial charge in [0, 0.05) is 25.0 Å². The van der Waals surface area contributed by atoms with Gasteiger partial charge >= 0.3 is 0 Å². The van der Waals surface area contributed by atoms with Crippen LogP contribution >= 0.6 is 0 Å². The Hall–Kier alpha value is -1.16. The van der Waals surface area contributed by atoms with Crippen LogP contribution in [0.2, 0.25) is 0 Å². The minimum absolute atomic E-state index is 0.0388. The SMILES string of the molecule is CC(C)c1nc2c(c(=O)[nH]1)CN(C(C)C)C2. The summed E-state index contributed by atoms with van der Waals surface area (Å²) >= 11 is 0. The van der Waals surface area contributed by atoms with E-state index >= 15 is 0 Å². The normalized spacial score (nSPS) is 16.1. The number of fused-ring (bicyclic) bond motifs is 1. The molecule has 1 aromatic rings. The summed E-state index contributed by atoms with van der Waals surface area (Å²) in [4.78, 5) is 21.6. The van der Waals surface area contributed by atoms with Crippen LogP contribution in [0.25, 0.3) is 0 Å². The van der Waals surface area contributed by atoms with Crippen molar-refractivity contribution in [2.45, 2.75) is 52.7 Å². The first-order valence-electron chi connectivity index (χ1n) is 5.85. The molecule has 0 aliphatic carbocycles. The summed E-state index contributed by atoms with van der Waals surface area (Å²) in [6.07, 6.45) is 0. The van der Waals surface area contributed by atoms with Crippen LogP contribution in [0, 0.1) is 0 Å². The summed E-state index contributed by atoms with van der Waals surface area (Å²) in [5.74, 6) is 1.07. The standard InChI is InChI=1S/C12H19N3O/c1-7(2)11-13-10-6-15(8(3)4)5-9(10)12(16)14-11/h7-8H,5-6H2,1-4H3,(H,13,14,16). The predicted octanol–water partition coefficient (Wildman–Crippen LogP) is 1.62. The van der Waals surface area contributed by atoms with Crippen LogP contribution in [0.5, 0.6) is 0 Å². The van der Waals surface area contributed by atoms with Crippen LogP contribution in [0.3, 0.4) is 0 Å². The van der Waals surface area contributed by atoms with Crippen molar-refractivity contribution in [2.75, 3.05) is 0 Å². The molecule has 0 fully saturated rings. The fraction of sp³-hybridized carbons (Fsp3) is 0.667. The predicted molar refractivity (Wildman–Crippen MR) is 63.3 cm³/mol. The molecule has 0 amide bonds. The topological polar surface area (TPSA) is 49.0 Å². The molecule has 0 aromatic carbocycles. The fourth-order valence-electron chi connectivity index (χ4n) is 1.95. The first-order valence-corrected chi connectivity index (χ1v) is 5.85. The number of nitrogens with one attached hydrogen (secondary N) is 1.